The summed E-state index contributed by atoms with van der Waals surface area (Å²) in [6.45, 7) is 5.37. The standard InChI is InChI=1S/C33H36N4O10/c1-5-46-30(44)33(37-19(4)39,31(45)47-6-2)15-23-17-35-27-10-8-21(13-25(23)27)11-20-7-9-26-24(12-20)22(16-34-26)14-32(28(40)41,29(42)43)36-18(3)38/h7-10,12-13,16-17,34-35H,5-6,11,14-15H2,1-4H3,(H,36,38)(H,37,39)(H,40,41)(H,42,43). The number of rotatable bonds is 14. The van der Waals surface area contributed by atoms with Crippen LogP contribution in [0.15, 0.2) is 48.8 Å². The molecule has 0 atom stereocenters. The van der Waals surface area contributed by atoms with Gasteiger partial charge in [-0.25, -0.2) is 19.2 Å². The van der Waals surface area contributed by atoms with Crippen molar-refractivity contribution in [3.8, 4) is 0 Å². The quantitative estimate of drug-likeness (QED) is 0.0866. The maximum Gasteiger partial charge on any atom is 0.344 e. The molecule has 0 fully saturated rings. The van der Waals surface area contributed by atoms with Crippen molar-refractivity contribution in [2.45, 2.75) is 58.0 Å². The van der Waals surface area contributed by atoms with E-state index in [1.807, 2.05) is 30.3 Å². The van der Waals surface area contributed by atoms with E-state index < -0.39 is 53.2 Å². The Labute approximate surface area is 268 Å². The first-order valence-electron chi connectivity index (χ1n) is 14.8. The lowest BCUT2D eigenvalue weighted by molar-refractivity contribution is -0.168. The highest BCUT2D eigenvalue weighted by Crippen LogP contribution is 2.29. The molecule has 0 unspecified atom stereocenters. The highest BCUT2D eigenvalue weighted by atomic mass is 16.6. The van der Waals surface area contributed by atoms with E-state index in [1.165, 1.54) is 13.1 Å². The van der Waals surface area contributed by atoms with Gasteiger partial charge in [0.2, 0.25) is 22.9 Å². The van der Waals surface area contributed by atoms with Gasteiger partial charge in [-0.05, 0) is 66.8 Å². The first-order valence-corrected chi connectivity index (χ1v) is 14.8. The molecule has 0 aliphatic rings. The summed E-state index contributed by atoms with van der Waals surface area (Å²) in [4.78, 5) is 80.6. The molecule has 47 heavy (non-hydrogen) atoms. The van der Waals surface area contributed by atoms with Crippen molar-refractivity contribution in [3.63, 3.8) is 0 Å². The number of esters is 2. The number of carbonyl (C=O) groups is 6. The maximum atomic E-state index is 13.2. The molecule has 0 saturated heterocycles. The fourth-order valence-electron chi connectivity index (χ4n) is 5.65. The van der Waals surface area contributed by atoms with Crippen LogP contribution >= 0.6 is 0 Å². The van der Waals surface area contributed by atoms with Crippen LogP contribution in [0, 0.1) is 0 Å². The number of H-pyrrole nitrogens is 2. The molecule has 2 aromatic carbocycles. The summed E-state index contributed by atoms with van der Waals surface area (Å²) in [7, 11) is 0. The second kappa shape index (κ2) is 13.8. The smallest absolute Gasteiger partial charge is 0.344 e. The number of aliphatic carboxylic acids is 2. The molecule has 2 amide bonds. The molecule has 2 aromatic heterocycles. The van der Waals surface area contributed by atoms with E-state index in [-0.39, 0.29) is 19.6 Å². The molecule has 0 radical (unpaired) electrons. The van der Waals surface area contributed by atoms with Crippen molar-refractivity contribution in [3.05, 3.63) is 71.0 Å². The van der Waals surface area contributed by atoms with Crippen LogP contribution in [-0.4, -0.2) is 80.2 Å². The summed E-state index contributed by atoms with van der Waals surface area (Å²) in [5.41, 5.74) is -0.719. The van der Waals surface area contributed by atoms with Gasteiger partial charge in [0, 0.05) is 60.9 Å². The van der Waals surface area contributed by atoms with Crippen LogP contribution < -0.4 is 10.6 Å². The van der Waals surface area contributed by atoms with Crippen molar-refractivity contribution >= 4 is 57.5 Å². The van der Waals surface area contributed by atoms with E-state index >= 15 is 0 Å². The summed E-state index contributed by atoms with van der Waals surface area (Å²) in [6, 6.07) is 11.1. The van der Waals surface area contributed by atoms with E-state index in [4.69, 9.17) is 9.47 Å². The van der Waals surface area contributed by atoms with Crippen LogP contribution in [0.4, 0.5) is 0 Å². The van der Waals surface area contributed by atoms with Gasteiger partial charge < -0.3 is 40.3 Å². The van der Waals surface area contributed by atoms with Crippen LogP contribution in [0.3, 0.4) is 0 Å². The normalized spacial score (nSPS) is 11.7. The van der Waals surface area contributed by atoms with Crippen LogP contribution in [0.5, 0.6) is 0 Å². The number of carboxylic acids is 2. The van der Waals surface area contributed by atoms with E-state index in [0.29, 0.717) is 39.4 Å². The fourth-order valence-corrected chi connectivity index (χ4v) is 5.65. The number of carboxylic acid groups (broad SMARTS) is 2. The first kappa shape index (κ1) is 34.2. The molecule has 14 nitrogen and oxygen atoms in total. The zero-order valence-electron chi connectivity index (χ0n) is 26.3. The highest BCUT2D eigenvalue weighted by Gasteiger charge is 2.51. The number of aromatic amines is 2. The zero-order valence-corrected chi connectivity index (χ0v) is 26.3. The van der Waals surface area contributed by atoms with Crippen molar-refractivity contribution in [2.75, 3.05) is 13.2 Å². The van der Waals surface area contributed by atoms with E-state index in [0.717, 1.165) is 18.1 Å². The number of carbonyl (C=O) groups excluding carboxylic acids is 4. The fraction of sp³-hybridized carbons (Fsp3) is 0.333. The summed E-state index contributed by atoms with van der Waals surface area (Å²) >= 11 is 0. The summed E-state index contributed by atoms with van der Waals surface area (Å²) in [5.74, 6) is -6.70. The molecule has 4 aromatic rings. The summed E-state index contributed by atoms with van der Waals surface area (Å²) in [5, 5.41) is 25.5. The number of nitrogens with one attached hydrogen (secondary N) is 4. The van der Waals surface area contributed by atoms with Crippen molar-refractivity contribution in [1.29, 1.82) is 0 Å². The molecule has 4 rings (SSSR count). The van der Waals surface area contributed by atoms with Crippen LogP contribution in [0.25, 0.3) is 21.8 Å². The van der Waals surface area contributed by atoms with Crippen LogP contribution in [-0.2, 0) is 57.5 Å². The minimum Gasteiger partial charge on any atom is -0.479 e. The predicted molar refractivity (Wildman–Crippen MR) is 168 cm³/mol. The maximum absolute atomic E-state index is 13.2. The topological polar surface area (TPSA) is 217 Å². The Kier molecular flexibility index (Phi) is 10.0. The van der Waals surface area contributed by atoms with Crippen LogP contribution in [0.1, 0.15) is 49.9 Å². The molecule has 14 heteroatoms. The average molecular weight is 649 g/mol. The zero-order chi connectivity index (χ0) is 34.5. The van der Waals surface area contributed by atoms with Gasteiger partial charge in [-0.15, -0.1) is 0 Å². The highest BCUT2D eigenvalue weighted by molar-refractivity contribution is 6.09. The monoisotopic (exact) mass is 648 g/mol. The van der Waals surface area contributed by atoms with Gasteiger partial charge in [-0.1, -0.05) is 12.1 Å². The van der Waals surface area contributed by atoms with Gasteiger partial charge in [0.1, 0.15) is 0 Å². The summed E-state index contributed by atoms with van der Waals surface area (Å²) < 4.78 is 10.4. The van der Waals surface area contributed by atoms with Crippen molar-refractivity contribution < 1.29 is 48.5 Å². The Bertz CT molecular complexity index is 1840. The molecule has 0 aliphatic heterocycles. The SMILES string of the molecule is CCOC(=O)C(Cc1c[nH]c2ccc(Cc3ccc4[nH]cc(CC(NC(C)=O)(C(=O)O)C(=O)O)c4c3)cc12)(NC(C)=O)C(=O)OCC. The molecule has 0 saturated carbocycles. The van der Waals surface area contributed by atoms with Crippen molar-refractivity contribution in [2.24, 2.45) is 0 Å². The Morgan fingerprint density at radius 2 is 1.09 bits per heavy atom. The predicted octanol–water partition coefficient (Wildman–Crippen LogP) is 2.37. The molecule has 0 spiro atoms. The third-order valence-electron chi connectivity index (χ3n) is 7.74. The number of aromatic nitrogens is 2. The molecular formula is C33H36N4O10. The van der Waals surface area contributed by atoms with Gasteiger partial charge in [0.15, 0.2) is 0 Å². The molecular weight excluding hydrogens is 612 g/mol. The van der Waals surface area contributed by atoms with Crippen LogP contribution in [0.2, 0.25) is 0 Å². The Hall–Kier alpha value is -5.66. The number of hydrogen-bond acceptors (Lipinski definition) is 8. The Morgan fingerprint density at radius 3 is 1.47 bits per heavy atom. The number of benzene rings is 2. The van der Waals surface area contributed by atoms with Gasteiger partial charge >= 0.3 is 23.9 Å². The number of fused-ring (bicyclic) bond motifs is 2. The van der Waals surface area contributed by atoms with Crippen molar-refractivity contribution in [1.82, 2.24) is 20.6 Å². The number of amides is 2. The average Bonchev–Trinajstić information content (AvgIpc) is 3.58. The van der Waals surface area contributed by atoms with E-state index in [9.17, 15) is 39.0 Å². The van der Waals surface area contributed by atoms with Gasteiger partial charge in [-0.2, -0.15) is 0 Å². The van der Waals surface area contributed by atoms with Gasteiger partial charge in [0.05, 0.1) is 13.2 Å². The van der Waals surface area contributed by atoms with E-state index in [2.05, 4.69) is 20.6 Å². The molecule has 0 aliphatic carbocycles. The second-order valence-electron chi connectivity index (χ2n) is 11.1. The lowest BCUT2D eigenvalue weighted by Crippen LogP contribution is -2.62. The molecule has 6 N–H and O–H groups in total. The minimum absolute atomic E-state index is 0.0222. The third-order valence-corrected chi connectivity index (χ3v) is 7.74. The van der Waals surface area contributed by atoms with E-state index in [1.54, 1.807) is 26.1 Å². The number of ether oxygens (including phenoxy) is 2. The molecule has 2 heterocycles. The lowest BCUT2D eigenvalue weighted by atomic mass is 9.89. The first-order chi connectivity index (χ1) is 22.3. The summed E-state index contributed by atoms with van der Waals surface area (Å²) in [6.07, 6.45) is 2.83. The largest absolute Gasteiger partial charge is 0.479 e. The molecule has 0 bridgehead atoms. The third kappa shape index (κ3) is 6.95. The minimum atomic E-state index is -2.56. The van der Waals surface area contributed by atoms with Gasteiger partial charge in [-0.3, -0.25) is 9.59 Å². The second-order valence-corrected chi connectivity index (χ2v) is 11.1. The number of hydrogen-bond donors (Lipinski definition) is 6. The lowest BCUT2D eigenvalue weighted by Gasteiger charge is -2.29. The molecule has 248 valence electrons. The van der Waals surface area contributed by atoms with Gasteiger partial charge in [0.25, 0.3) is 0 Å². The Morgan fingerprint density at radius 1 is 0.681 bits per heavy atom. The Balaban J connectivity index is 1.71.